The molecule has 2 aromatic carbocycles. The molecule has 0 aromatic heterocycles. The standard InChI is InChI=1S/C22H25NO7/c1-3-10-28-17-9-8-14(11-19(17)27-2)15(12-21(24)25)23-22(26)20-13-29-16-6-4-5-7-18(16)30-20/h4-9,11,15,20H,3,10,12-13H2,1-2H3,(H,23,26)(H,24,25). The van der Waals surface area contributed by atoms with E-state index in [2.05, 4.69) is 5.32 Å². The first-order valence-corrected chi connectivity index (χ1v) is 9.73. The van der Waals surface area contributed by atoms with Crippen LogP contribution in [0.15, 0.2) is 42.5 Å². The quantitative estimate of drug-likeness (QED) is 0.649. The number of carbonyl (C=O) groups is 2. The van der Waals surface area contributed by atoms with Crippen molar-refractivity contribution in [3.8, 4) is 23.0 Å². The van der Waals surface area contributed by atoms with Crippen molar-refractivity contribution in [1.82, 2.24) is 5.32 Å². The van der Waals surface area contributed by atoms with Crippen LogP contribution < -0.4 is 24.3 Å². The fourth-order valence-corrected chi connectivity index (χ4v) is 3.07. The van der Waals surface area contributed by atoms with Crippen molar-refractivity contribution < 1.29 is 33.6 Å². The second-order valence-corrected chi connectivity index (χ2v) is 6.78. The van der Waals surface area contributed by atoms with Crippen LogP contribution in [0.25, 0.3) is 0 Å². The molecule has 1 amide bonds. The highest BCUT2D eigenvalue weighted by Crippen LogP contribution is 2.33. The third kappa shape index (κ3) is 5.14. The Bertz CT molecular complexity index is 899. The summed E-state index contributed by atoms with van der Waals surface area (Å²) in [5.41, 5.74) is 0.587. The van der Waals surface area contributed by atoms with Crippen LogP contribution >= 0.6 is 0 Å². The Morgan fingerprint density at radius 2 is 1.97 bits per heavy atom. The smallest absolute Gasteiger partial charge is 0.305 e. The van der Waals surface area contributed by atoms with Crippen LogP contribution in [0, 0.1) is 0 Å². The van der Waals surface area contributed by atoms with Crippen LogP contribution in [0.4, 0.5) is 0 Å². The van der Waals surface area contributed by atoms with Gasteiger partial charge in [0.05, 0.1) is 26.2 Å². The molecular formula is C22H25NO7. The van der Waals surface area contributed by atoms with Crippen molar-refractivity contribution in [3.05, 3.63) is 48.0 Å². The molecule has 8 heteroatoms. The number of hydrogen-bond acceptors (Lipinski definition) is 6. The minimum Gasteiger partial charge on any atom is -0.493 e. The number of methoxy groups -OCH3 is 1. The van der Waals surface area contributed by atoms with Crippen LogP contribution in [0.1, 0.15) is 31.4 Å². The van der Waals surface area contributed by atoms with Crippen LogP contribution in [0.5, 0.6) is 23.0 Å². The first kappa shape index (κ1) is 21.3. The summed E-state index contributed by atoms with van der Waals surface area (Å²) in [4.78, 5) is 24.2. The van der Waals surface area contributed by atoms with Crippen LogP contribution in [-0.4, -0.2) is 43.4 Å². The molecule has 2 unspecified atom stereocenters. The molecule has 0 aliphatic carbocycles. The molecule has 0 radical (unpaired) electrons. The minimum atomic E-state index is -1.04. The van der Waals surface area contributed by atoms with E-state index in [1.807, 2.05) is 13.0 Å². The normalized spacial score (nSPS) is 15.7. The highest BCUT2D eigenvalue weighted by molar-refractivity contribution is 5.83. The number of carboxylic acid groups (broad SMARTS) is 1. The predicted molar refractivity (Wildman–Crippen MR) is 108 cm³/mol. The molecule has 1 heterocycles. The first-order chi connectivity index (χ1) is 14.5. The summed E-state index contributed by atoms with van der Waals surface area (Å²) in [7, 11) is 1.51. The molecule has 0 bridgehead atoms. The fourth-order valence-electron chi connectivity index (χ4n) is 3.07. The van der Waals surface area contributed by atoms with Gasteiger partial charge in [0.1, 0.15) is 6.61 Å². The van der Waals surface area contributed by atoms with Crippen molar-refractivity contribution in [2.75, 3.05) is 20.3 Å². The summed E-state index contributed by atoms with van der Waals surface area (Å²) in [6.45, 7) is 2.57. The van der Waals surface area contributed by atoms with E-state index < -0.39 is 24.0 Å². The molecule has 30 heavy (non-hydrogen) atoms. The van der Waals surface area contributed by atoms with E-state index in [0.29, 0.717) is 35.2 Å². The summed E-state index contributed by atoms with van der Waals surface area (Å²) in [6, 6.07) is 11.4. The zero-order valence-electron chi connectivity index (χ0n) is 16.9. The SMILES string of the molecule is CCCOc1ccc(C(CC(=O)O)NC(=O)C2COc3ccccc3O2)cc1OC. The first-order valence-electron chi connectivity index (χ1n) is 9.73. The van der Waals surface area contributed by atoms with E-state index in [1.54, 1.807) is 36.4 Å². The number of ether oxygens (including phenoxy) is 4. The van der Waals surface area contributed by atoms with E-state index in [0.717, 1.165) is 6.42 Å². The summed E-state index contributed by atoms with van der Waals surface area (Å²) in [6.07, 6.45) is -0.339. The molecule has 0 saturated carbocycles. The maximum absolute atomic E-state index is 12.8. The average molecular weight is 415 g/mol. The minimum absolute atomic E-state index is 0.0375. The van der Waals surface area contributed by atoms with Gasteiger partial charge in [0, 0.05) is 0 Å². The van der Waals surface area contributed by atoms with Gasteiger partial charge in [-0.2, -0.15) is 0 Å². The molecule has 3 rings (SSSR count). The lowest BCUT2D eigenvalue weighted by molar-refractivity contribution is -0.138. The van der Waals surface area contributed by atoms with E-state index in [4.69, 9.17) is 18.9 Å². The van der Waals surface area contributed by atoms with Gasteiger partial charge >= 0.3 is 5.97 Å². The highest BCUT2D eigenvalue weighted by Gasteiger charge is 2.30. The highest BCUT2D eigenvalue weighted by atomic mass is 16.6. The molecule has 2 atom stereocenters. The zero-order chi connectivity index (χ0) is 21.5. The van der Waals surface area contributed by atoms with Gasteiger partial charge < -0.3 is 29.4 Å². The van der Waals surface area contributed by atoms with Crippen molar-refractivity contribution in [3.63, 3.8) is 0 Å². The Kier molecular flexibility index (Phi) is 7.00. The summed E-state index contributed by atoms with van der Waals surface area (Å²) >= 11 is 0. The number of rotatable bonds is 9. The summed E-state index contributed by atoms with van der Waals surface area (Å²) in [5.74, 6) is 0.562. The number of amides is 1. The maximum atomic E-state index is 12.8. The summed E-state index contributed by atoms with van der Waals surface area (Å²) < 4.78 is 22.3. The molecule has 0 fully saturated rings. The largest absolute Gasteiger partial charge is 0.493 e. The number of fused-ring (bicyclic) bond motifs is 1. The summed E-state index contributed by atoms with van der Waals surface area (Å²) in [5, 5.41) is 12.1. The molecule has 8 nitrogen and oxygen atoms in total. The predicted octanol–water partition coefficient (Wildman–Crippen LogP) is 2.96. The van der Waals surface area contributed by atoms with Gasteiger partial charge in [-0.15, -0.1) is 0 Å². The van der Waals surface area contributed by atoms with Crippen molar-refractivity contribution >= 4 is 11.9 Å². The average Bonchev–Trinajstić information content (AvgIpc) is 2.76. The van der Waals surface area contributed by atoms with E-state index in [9.17, 15) is 14.7 Å². The molecule has 160 valence electrons. The van der Waals surface area contributed by atoms with Crippen LogP contribution in [0.3, 0.4) is 0 Å². The second-order valence-electron chi connectivity index (χ2n) is 6.78. The third-order valence-corrected chi connectivity index (χ3v) is 4.55. The van der Waals surface area contributed by atoms with E-state index in [-0.39, 0.29) is 13.0 Å². The van der Waals surface area contributed by atoms with E-state index >= 15 is 0 Å². The molecular weight excluding hydrogens is 390 g/mol. The van der Waals surface area contributed by atoms with E-state index in [1.165, 1.54) is 7.11 Å². The van der Waals surface area contributed by atoms with Gasteiger partial charge in [-0.3, -0.25) is 9.59 Å². The topological polar surface area (TPSA) is 103 Å². The Morgan fingerprint density at radius 1 is 1.20 bits per heavy atom. The van der Waals surface area contributed by atoms with Crippen molar-refractivity contribution in [1.29, 1.82) is 0 Å². The number of nitrogens with one attached hydrogen (secondary N) is 1. The monoisotopic (exact) mass is 415 g/mol. The lowest BCUT2D eigenvalue weighted by Crippen LogP contribution is -2.45. The maximum Gasteiger partial charge on any atom is 0.305 e. The van der Waals surface area contributed by atoms with Crippen molar-refractivity contribution in [2.24, 2.45) is 0 Å². The number of benzene rings is 2. The van der Waals surface area contributed by atoms with Crippen molar-refractivity contribution in [2.45, 2.75) is 31.9 Å². The van der Waals surface area contributed by atoms with Crippen LogP contribution in [-0.2, 0) is 9.59 Å². The lowest BCUT2D eigenvalue weighted by atomic mass is 10.0. The zero-order valence-corrected chi connectivity index (χ0v) is 16.9. The number of carbonyl (C=O) groups excluding carboxylic acids is 1. The second kappa shape index (κ2) is 9.87. The molecule has 2 aromatic rings. The van der Waals surface area contributed by atoms with Gasteiger partial charge in [-0.25, -0.2) is 0 Å². The number of para-hydroxylation sites is 2. The molecule has 0 saturated heterocycles. The van der Waals surface area contributed by atoms with Crippen LogP contribution in [0.2, 0.25) is 0 Å². The number of carboxylic acids is 1. The fraction of sp³-hybridized carbons (Fsp3) is 0.364. The van der Waals surface area contributed by atoms with Gasteiger partial charge in [-0.1, -0.05) is 25.1 Å². The Balaban J connectivity index is 1.76. The van der Waals surface area contributed by atoms with Gasteiger partial charge in [0.2, 0.25) is 6.10 Å². The number of aliphatic carboxylic acids is 1. The molecule has 1 aliphatic heterocycles. The number of hydrogen-bond donors (Lipinski definition) is 2. The van der Waals surface area contributed by atoms with Gasteiger partial charge in [-0.05, 0) is 36.2 Å². The third-order valence-electron chi connectivity index (χ3n) is 4.55. The lowest BCUT2D eigenvalue weighted by Gasteiger charge is -2.27. The molecule has 1 aliphatic rings. The Hall–Kier alpha value is -3.42. The Labute approximate surface area is 174 Å². The molecule has 0 spiro atoms. The van der Waals surface area contributed by atoms with Gasteiger partial charge in [0.15, 0.2) is 23.0 Å². The Morgan fingerprint density at radius 3 is 2.67 bits per heavy atom. The molecule has 2 N–H and O–H groups in total. The van der Waals surface area contributed by atoms with Gasteiger partial charge in [0.25, 0.3) is 5.91 Å².